The molecule has 0 aliphatic carbocycles. The van der Waals surface area contributed by atoms with E-state index >= 15 is 0 Å². The molecule has 0 unspecified atom stereocenters. The van der Waals surface area contributed by atoms with Crippen LogP contribution in [0.1, 0.15) is 27.4 Å². The average molecular weight is 322 g/mol. The number of hydrogen-bond donors (Lipinski definition) is 2. The molecule has 0 saturated carbocycles. The topological polar surface area (TPSA) is 80.0 Å². The highest BCUT2D eigenvalue weighted by Crippen LogP contribution is 2.14. The van der Waals surface area contributed by atoms with Gasteiger partial charge in [0.2, 0.25) is 0 Å². The quantitative estimate of drug-likeness (QED) is 0.751. The molecule has 0 fully saturated rings. The van der Waals surface area contributed by atoms with Crippen LogP contribution in [0.4, 0.5) is 11.5 Å². The highest BCUT2D eigenvalue weighted by atomic mass is 16.5. The van der Waals surface area contributed by atoms with E-state index < -0.39 is 0 Å². The fraction of sp³-hybridized carbons (Fsp3) is 0.167. The van der Waals surface area contributed by atoms with E-state index in [0.29, 0.717) is 23.8 Å². The third kappa shape index (κ3) is 3.78. The fourth-order valence-electron chi connectivity index (χ4n) is 2.28. The summed E-state index contributed by atoms with van der Waals surface area (Å²) in [5.41, 5.74) is 3.57. The van der Waals surface area contributed by atoms with Gasteiger partial charge >= 0.3 is 0 Å². The number of nitrogens with zero attached hydrogens (tertiary/aromatic N) is 2. The molecule has 0 aliphatic rings. The maximum absolute atomic E-state index is 12.2. The first-order valence-electron chi connectivity index (χ1n) is 7.61. The van der Waals surface area contributed by atoms with Gasteiger partial charge in [-0.1, -0.05) is 29.4 Å². The Morgan fingerprint density at radius 1 is 1.17 bits per heavy atom. The number of carbonyl (C=O) groups is 1. The predicted octanol–water partition coefficient (Wildman–Crippen LogP) is 3.55. The van der Waals surface area contributed by atoms with Gasteiger partial charge in [0.1, 0.15) is 11.5 Å². The van der Waals surface area contributed by atoms with Gasteiger partial charge in [0.05, 0.1) is 0 Å². The van der Waals surface area contributed by atoms with Gasteiger partial charge < -0.3 is 15.2 Å². The number of benzene rings is 1. The first kappa shape index (κ1) is 15.7. The van der Waals surface area contributed by atoms with Crippen LogP contribution in [0.25, 0.3) is 0 Å². The molecule has 2 heterocycles. The number of aryl methyl sites for hydroxylation is 2. The number of aromatic nitrogens is 2. The van der Waals surface area contributed by atoms with Crippen molar-refractivity contribution in [2.75, 3.05) is 10.6 Å². The van der Waals surface area contributed by atoms with E-state index in [2.05, 4.69) is 39.8 Å². The van der Waals surface area contributed by atoms with Crippen molar-refractivity contribution in [2.24, 2.45) is 0 Å². The lowest BCUT2D eigenvalue weighted by molar-refractivity contribution is 0.102. The first-order chi connectivity index (χ1) is 11.6. The normalized spacial score (nSPS) is 10.4. The van der Waals surface area contributed by atoms with E-state index in [1.165, 1.54) is 11.1 Å². The zero-order valence-electron chi connectivity index (χ0n) is 13.5. The molecule has 0 radical (unpaired) electrons. The lowest BCUT2D eigenvalue weighted by atomic mass is 10.1. The van der Waals surface area contributed by atoms with Gasteiger partial charge in [0.15, 0.2) is 5.82 Å². The Hall–Kier alpha value is -3.15. The number of hydrogen-bond acceptors (Lipinski definition) is 5. The van der Waals surface area contributed by atoms with E-state index in [9.17, 15) is 4.79 Å². The number of amides is 1. The van der Waals surface area contributed by atoms with E-state index in [4.69, 9.17) is 4.52 Å². The first-order valence-corrected chi connectivity index (χ1v) is 7.61. The van der Waals surface area contributed by atoms with Crippen LogP contribution >= 0.6 is 0 Å². The van der Waals surface area contributed by atoms with E-state index in [1.54, 1.807) is 25.3 Å². The van der Waals surface area contributed by atoms with Crippen molar-refractivity contribution >= 4 is 17.4 Å². The molecule has 3 aromatic rings. The highest BCUT2D eigenvalue weighted by Gasteiger charge is 2.11. The van der Waals surface area contributed by atoms with Crippen molar-refractivity contribution in [1.82, 2.24) is 10.1 Å². The van der Waals surface area contributed by atoms with Crippen molar-refractivity contribution in [3.63, 3.8) is 0 Å². The summed E-state index contributed by atoms with van der Waals surface area (Å²) >= 11 is 0. The van der Waals surface area contributed by atoms with Crippen LogP contribution in [0.3, 0.4) is 0 Å². The third-order valence-corrected chi connectivity index (χ3v) is 3.61. The van der Waals surface area contributed by atoms with Crippen LogP contribution in [0.5, 0.6) is 0 Å². The molecule has 2 aromatic heterocycles. The molecule has 0 spiro atoms. The molecule has 0 bridgehead atoms. The molecule has 1 aromatic carbocycles. The van der Waals surface area contributed by atoms with Gasteiger partial charge in [-0.05, 0) is 37.1 Å². The Balaban J connectivity index is 1.67. The number of pyridine rings is 1. The SMILES string of the molecule is Cc1cc(NC(=O)c2cc(NCc3ccccc3C)ccn2)no1. The Morgan fingerprint density at radius 2 is 2.00 bits per heavy atom. The maximum atomic E-state index is 12.2. The zero-order valence-corrected chi connectivity index (χ0v) is 13.5. The molecule has 3 rings (SSSR count). The number of anilines is 2. The fourth-order valence-corrected chi connectivity index (χ4v) is 2.28. The number of carbonyl (C=O) groups excluding carboxylic acids is 1. The molecule has 0 atom stereocenters. The van der Waals surface area contributed by atoms with E-state index in [-0.39, 0.29) is 5.91 Å². The average Bonchev–Trinajstić information content (AvgIpc) is 2.99. The highest BCUT2D eigenvalue weighted by molar-refractivity contribution is 6.02. The van der Waals surface area contributed by atoms with Crippen molar-refractivity contribution in [3.05, 3.63) is 71.2 Å². The van der Waals surface area contributed by atoms with Gasteiger partial charge in [0, 0.05) is 24.5 Å². The lowest BCUT2D eigenvalue weighted by Gasteiger charge is -2.09. The minimum atomic E-state index is -0.331. The molecule has 6 nitrogen and oxygen atoms in total. The second kappa shape index (κ2) is 6.95. The maximum Gasteiger partial charge on any atom is 0.275 e. The molecule has 0 aliphatic heterocycles. The summed E-state index contributed by atoms with van der Waals surface area (Å²) in [4.78, 5) is 16.3. The Labute approximate surface area is 139 Å². The van der Waals surface area contributed by atoms with Crippen molar-refractivity contribution < 1.29 is 9.32 Å². The number of nitrogens with one attached hydrogen (secondary N) is 2. The van der Waals surface area contributed by atoms with Gasteiger partial charge in [-0.2, -0.15) is 0 Å². The largest absolute Gasteiger partial charge is 0.381 e. The summed E-state index contributed by atoms with van der Waals surface area (Å²) in [6.45, 7) is 4.51. The Morgan fingerprint density at radius 3 is 2.75 bits per heavy atom. The Kier molecular flexibility index (Phi) is 4.56. The van der Waals surface area contributed by atoms with E-state index in [1.807, 2.05) is 18.2 Å². The van der Waals surface area contributed by atoms with E-state index in [0.717, 1.165) is 5.69 Å². The standard InChI is InChI=1S/C18H18N4O2/c1-12-5-3-4-6-14(12)11-20-15-7-8-19-16(10-15)18(23)21-17-9-13(2)24-22-17/h3-10H,11H2,1-2H3,(H,19,20)(H,21,22,23). The molecule has 24 heavy (non-hydrogen) atoms. The van der Waals surface area contributed by atoms with Gasteiger partial charge in [-0.15, -0.1) is 0 Å². The summed E-state index contributed by atoms with van der Waals surface area (Å²) in [6, 6.07) is 13.4. The van der Waals surface area contributed by atoms with Crippen molar-refractivity contribution in [3.8, 4) is 0 Å². The predicted molar refractivity (Wildman–Crippen MR) is 91.9 cm³/mol. The second-order valence-electron chi connectivity index (χ2n) is 5.49. The van der Waals surface area contributed by atoms with Crippen LogP contribution < -0.4 is 10.6 Å². The third-order valence-electron chi connectivity index (χ3n) is 3.61. The molecular formula is C18H18N4O2. The molecule has 2 N–H and O–H groups in total. The summed E-state index contributed by atoms with van der Waals surface area (Å²) < 4.78 is 4.93. The molecular weight excluding hydrogens is 304 g/mol. The summed E-state index contributed by atoms with van der Waals surface area (Å²) in [5, 5.41) is 9.70. The minimum Gasteiger partial charge on any atom is -0.381 e. The molecule has 122 valence electrons. The van der Waals surface area contributed by atoms with Gasteiger partial charge in [-0.3, -0.25) is 9.78 Å². The summed E-state index contributed by atoms with van der Waals surface area (Å²) in [6.07, 6.45) is 1.60. The minimum absolute atomic E-state index is 0.311. The van der Waals surface area contributed by atoms with Crippen LogP contribution in [-0.4, -0.2) is 16.0 Å². The van der Waals surface area contributed by atoms with Crippen LogP contribution in [0, 0.1) is 13.8 Å². The van der Waals surface area contributed by atoms with Crippen LogP contribution in [0.15, 0.2) is 53.2 Å². The van der Waals surface area contributed by atoms with Crippen molar-refractivity contribution in [2.45, 2.75) is 20.4 Å². The molecule has 6 heteroatoms. The number of rotatable bonds is 5. The van der Waals surface area contributed by atoms with Gasteiger partial charge in [-0.25, -0.2) is 0 Å². The van der Waals surface area contributed by atoms with Crippen LogP contribution in [0.2, 0.25) is 0 Å². The van der Waals surface area contributed by atoms with Crippen molar-refractivity contribution in [1.29, 1.82) is 0 Å². The van der Waals surface area contributed by atoms with Gasteiger partial charge in [0.25, 0.3) is 5.91 Å². The Bertz CT molecular complexity index is 857. The zero-order chi connectivity index (χ0) is 16.9. The second-order valence-corrected chi connectivity index (χ2v) is 5.49. The molecule has 0 saturated heterocycles. The smallest absolute Gasteiger partial charge is 0.275 e. The van der Waals surface area contributed by atoms with Crippen LogP contribution in [-0.2, 0) is 6.54 Å². The summed E-state index contributed by atoms with van der Waals surface area (Å²) in [7, 11) is 0. The monoisotopic (exact) mass is 322 g/mol. The molecule has 1 amide bonds. The summed E-state index contributed by atoms with van der Waals surface area (Å²) in [5.74, 6) is 0.673. The lowest BCUT2D eigenvalue weighted by Crippen LogP contribution is -2.14.